The number of carbonyl (C=O) groups excluding carboxylic acids is 1. The predicted molar refractivity (Wildman–Crippen MR) is 101 cm³/mol. The van der Waals surface area contributed by atoms with Crippen molar-refractivity contribution < 1.29 is 22.0 Å². The molecule has 0 aliphatic rings. The maximum absolute atomic E-state index is 13.6. The summed E-state index contributed by atoms with van der Waals surface area (Å²) in [6.45, 7) is 0. The van der Waals surface area contributed by atoms with Crippen LogP contribution in [-0.2, 0) is 10.0 Å². The first kappa shape index (κ1) is 19.0. The molecule has 0 aliphatic carbocycles. The minimum Gasteiger partial charge on any atom is -0.319 e. The molecule has 0 saturated carbocycles. The molecule has 1 heterocycles. The van der Waals surface area contributed by atoms with Gasteiger partial charge in [0.2, 0.25) is 0 Å². The van der Waals surface area contributed by atoms with E-state index >= 15 is 0 Å². The molecular weight excluding hydrogens is 394 g/mol. The van der Waals surface area contributed by atoms with Crippen molar-refractivity contribution in [3.63, 3.8) is 0 Å². The Labute approximate surface area is 158 Å². The normalized spacial score (nSPS) is 11.2. The zero-order valence-electron chi connectivity index (χ0n) is 14.0. The fourth-order valence-electron chi connectivity index (χ4n) is 2.29. The Kier molecular flexibility index (Phi) is 5.24. The number of anilines is 2. The molecule has 140 valence electrons. The second-order valence-corrected chi connectivity index (χ2v) is 8.67. The van der Waals surface area contributed by atoms with Gasteiger partial charge in [-0.05, 0) is 47.8 Å². The molecule has 27 heavy (non-hydrogen) atoms. The van der Waals surface area contributed by atoms with Crippen LogP contribution in [0.4, 0.5) is 20.2 Å². The molecule has 0 atom stereocenters. The van der Waals surface area contributed by atoms with E-state index in [0.717, 1.165) is 27.8 Å². The van der Waals surface area contributed by atoms with Crippen molar-refractivity contribution in [3.05, 3.63) is 77.2 Å². The van der Waals surface area contributed by atoms with Crippen molar-refractivity contribution in [3.8, 4) is 0 Å². The quantitative estimate of drug-likeness (QED) is 0.691. The Morgan fingerprint density at radius 2 is 1.78 bits per heavy atom. The van der Waals surface area contributed by atoms with E-state index in [1.165, 1.54) is 37.4 Å². The summed E-state index contributed by atoms with van der Waals surface area (Å²) in [6, 6.07) is 11.8. The van der Waals surface area contributed by atoms with E-state index in [1.54, 1.807) is 11.4 Å². The average molecular weight is 408 g/mol. The van der Waals surface area contributed by atoms with E-state index in [9.17, 15) is 22.0 Å². The number of sulfonamides is 1. The minimum atomic E-state index is -3.67. The molecule has 0 unspecified atom stereocenters. The van der Waals surface area contributed by atoms with Crippen LogP contribution in [0.5, 0.6) is 0 Å². The summed E-state index contributed by atoms with van der Waals surface area (Å²) in [4.78, 5) is 12.2. The summed E-state index contributed by atoms with van der Waals surface area (Å²) in [6.07, 6.45) is 0. The number of amides is 1. The molecule has 3 aromatic rings. The standard InChI is InChI=1S/C18H14F2N2O3S2/c1-22(27(24,25)17-3-2-10-26-17)14-7-4-12(5-8-14)18(23)21-16-9-6-13(19)11-15(16)20/h2-11H,1H3,(H,21,23). The Hall–Kier alpha value is -2.78. The zero-order valence-corrected chi connectivity index (χ0v) is 15.7. The van der Waals surface area contributed by atoms with Gasteiger partial charge in [-0.2, -0.15) is 0 Å². The Morgan fingerprint density at radius 3 is 2.37 bits per heavy atom. The van der Waals surface area contributed by atoms with Gasteiger partial charge in [0, 0.05) is 18.7 Å². The molecule has 5 nitrogen and oxygen atoms in total. The lowest BCUT2D eigenvalue weighted by Crippen LogP contribution is -2.25. The van der Waals surface area contributed by atoms with E-state index in [4.69, 9.17) is 0 Å². The van der Waals surface area contributed by atoms with Crippen LogP contribution in [0.25, 0.3) is 0 Å². The van der Waals surface area contributed by atoms with Crippen LogP contribution in [0.15, 0.2) is 64.2 Å². The number of carbonyl (C=O) groups is 1. The Morgan fingerprint density at radius 1 is 1.07 bits per heavy atom. The summed E-state index contributed by atoms with van der Waals surface area (Å²) < 4.78 is 52.9. The largest absolute Gasteiger partial charge is 0.319 e. The molecule has 0 radical (unpaired) electrons. The van der Waals surface area contributed by atoms with Crippen LogP contribution in [0.1, 0.15) is 10.4 Å². The summed E-state index contributed by atoms with van der Waals surface area (Å²) >= 11 is 1.11. The van der Waals surface area contributed by atoms with Gasteiger partial charge in [0.15, 0.2) is 0 Å². The minimum absolute atomic E-state index is 0.150. The number of nitrogens with one attached hydrogen (secondary N) is 1. The molecule has 1 aromatic heterocycles. The van der Waals surface area contributed by atoms with Crippen molar-refractivity contribution in [1.29, 1.82) is 0 Å². The summed E-state index contributed by atoms with van der Waals surface area (Å²) in [5.74, 6) is -2.23. The average Bonchev–Trinajstić information content (AvgIpc) is 3.19. The Bertz CT molecular complexity index is 1070. The van der Waals surface area contributed by atoms with Gasteiger partial charge in [-0.25, -0.2) is 17.2 Å². The molecular formula is C18H14F2N2O3S2. The molecule has 0 aliphatic heterocycles. The maximum Gasteiger partial charge on any atom is 0.273 e. The summed E-state index contributed by atoms with van der Waals surface area (Å²) in [5.41, 5.74) is 0.417. The van der Waals surface area contributed by atoms with Crippen molar-refractivity contribution in [2.24, 2.45) is 0 Å². The number of halogens is 2. The van der Waals surface area contributed by atoms with E-state index in [2.05, 4.69) is 5.32 Å². The molecule has 9 heteroatoms. The number of nitrogens with zero attached hydrogens (tertiary/aromatic N) is 1. The van der Waals surface area contributed by atoms with Crippen LogP contribution in [0.2, 0.25) is 0 Å². The van der Waals surface area contributed by atoms with Crippen molar-refractivity contribution in [2.45, 2.75) is 4.21 Å². The van der Waals surface area contributed by atoms with Crippen LogP contribution in [0, 0.1) is 11.6 Å². The van der Waals surface area contributed by atoms with Gasteiger partial charge in [0.25, 0.3) is 15.9 Å². The topological polar surface area (TPSA) is 66.5 Å². The fourth-order valence-corrected chi connectivity index (χ4v) is 4.65. The van der Waals surface area contributed by atoms with Crippen LogP contribution < -0.4 is 9.62 Å². The first-order valence-corrected chi connectivity index (χ1v) is 10.00. The first-order chi connectivity index (χ1) is 12.8. The maximum atomic E-state index is 13.6. The molecule has 0 bridgehead atoms. The van der Waals surface area contributed by atoms with E-state index in [1.807, 2.05) is 0 Å². The predicted octanol–water partition coefficient (Wildman–Crippen LogP) is 4.10. The van der Waals surface area contributed by atoms with Gasteiger partial charge in [-0.1, -0.05) is 6.07 Å². The van der Waals surface area contributed by atoms with Crippen LogP contribution >= 0.6 is 11.3 Å². The molecule has 3 rings (SSSR count). The van der Waals surface area contributed by atoms with Gasteiger partial charge in [0.05, 0.1) is 11.4 Å². The monoisotopic (exact) mass is 408 g/mol. The van der Waals surface area contributed by atoms with Gasteiger partial charge >= 0.3 is 0 Å². The van der Waals surface area contributed by atoms with Gasteiger partial charge in [-0.3, -0.25) is 9.10 Å². The lowest BCUT2D eigenvalue weighted by molar-refractivity contribution is 0.102. The summed E-state index contributed by atoms with van der Waals surface area (Å²) in [5, 5.41) is 4.01. The first-order valence-electron chi connectivity index (χ1n) is 7.68. The van der Waals surface area contributed by atoms with Gasteiger partial charge < -0.3 is 5.32 Å². The number of benzene rings is 2. The second kappa shape index (κ2) is 7.45. The summed E-state index contributed by atoms with van der Waals surface area (Å²) in [7, 11) is -2.26. The van der Waals surface area contributed by atoms with E-state index in [-0.39, 0.29) is 15.5 Å². The number of hydrogen-bond donors (Lipinski definition) is 1. The SMILES string of the molecule is CN(c1ccc(C(=O)Nc2ccc(F)cc2F)cc1)S(=O)(=O)c1cccs1. The molecule has 0 fully saturated rings. The lowest BCUT2D eigenvalue weighted by Gasteiger charge is -2.18. The van der Waals surface area contributed by atoms with Crippen LogP contribution in [-0.4, -0.2) is 21.4 Å². The lowest BCUT2D eigenvalue weighted by atomic mass is 10.2. The molecule has 1 amide bonds. The van der Waals surface area contributed by atoms with Crippen molar-refractivity contribution in [1.82, 2.24) is 0 Å². The van der Waals surface area contributed by atoms with Crippen molar-refractivity contribution in [2.75, 3.05) is 16.7 Å². The molecule has 0 spiro atoms. The van der Waals surface area contributed by atoms with Gasteiger partial charge in [-0.15, -0.1) is 11.3 Å². The highest BCUT2D eigenvalue weighted by Crippen LogP contribution is 2.25. The molecule has 2 aromatic carbocycles. The molecule has 1 N–H and O–H groups in total. The highest BCUT2D eigenvalue weighted by atomic mass is 32.2. The third-order valence-corrected chi connectivity index (χ3v) is 6.94. The number of thiophene rings is 1. The third-order valence-electron chi connectivity index (χ3n) is 3.78. The number of hydrogen-bond acceptors (Lipinski definition) is 4. The van der Waals surface area contributed by atoms with E-state index in [0.29, 0.717) is 11.8 Å². The number of rotatable bonds is 5. The fraction of sp³-hybridized carbons (Fsp3) is 0.0556. The zero-order chi connectivity index (χ0) is 19.6. The van der Waals surface area contributed by atoms with E-state index < -0.39 is 27.6 Å². The van der Waals surface area contributed by atoms with Crippen LogP contribution in [0.3, 0.4) is 0 Å². The second-order valence-electron chi connectivity index (χ2n) is 5.53. The highest BCUT2D eigenvalue weighted by Gasteiger charge is 2.22. The Balaban J connectivity index is 1.77. The third kappa shape index (κ3) is 3.99. The smallest absolute Gasteiger partial charge is 0.273 e. The van der Waals surface area contributed by atoms with Gasteiger partial charge in [0.1, 0.15) is 15.8 Å². The highest BCUT2D eigenvalue weighted by molar-refractivity contribution is 7.94. The van der Waals surface area contributed by atoms with Crippen molar-refractivity contribution >= 4 is 38.6 Å². The molecule has 0 saturated heterocycles.